The maximum Gasteiger partial charge on any atom is 0.277 e. The second-order valence-corrected chi connectivity index (χ2v) is 6.95. The van der Waals surface area contributed by atoms with E-state index in [4.69, 9.17) is 9.47 Å². The van der Waals surface area contributed by atoms with Crippen LogP contribution in [0.2, 0.25) is 0 Å². The third-order valence-electron chi connectivity index (χ3n) is 4.70. The molecular formula is C25H21FN4O3. The number of benzene rings is 3. The van der Waals surface area contributed by atoms with E-state index < -0.39 is 5.91 Å². The molecule has 0 atom stereocenters. The van der Waals surface area contributed by atoms with Crippen molar-refractivity contribution in [2.24, 2.45) is 5.10 Å². The van der Waals surface area contributed by atoms with Crippen LogP contribution in [0.4, 0.5) is 4.39 Å². The highest BCUT2D eigenvalue weighted by molar-refractivity contribution is 5.89. The molecule has 0 aliphatic heterocycles. The SMILES string of the molecule is COc1ccccc1OCC(=O)N/N=C\c1cn(-c2ccccc2)nc1-c1ccc(F)cc1. The molecule has 0 saturated carbocycles. The first-order valence-corrected chi connectivity index (χ1v) is 10.1. The van der Waals surface area contributed by atoms with Crippen LogP contribution in [0, 0.1) is 5.82 Å². The topological polar surface area (TPSA) is 77.7 Å². The number of aromatic nitrogens is 2. The van der Waals surface area contributed by atoms with Crippen molar-refractivity contribution in [3.63, 3.8) is 0 Å². The number of carbonyl (C=O) groups excluding carboxylic acids is 1. The lowest BCUT2D eigenvalue weighted by Gasteiger charge is -2.09. The minimum absolute atomic E-state index is 0.230. The maximum atomic E-state index is 13.4. The number of nitrogens with zero attached hydrogens (tertiary/aromatic N) is 3. The van der Waals surface area contributed by atoms with E-state index in [2.05, 4.69) is 15.6 Å². The summed E-state index contributed by atoms with van der Waals surface area (Å²) in [6.07, 6.45) is 3.28. The molecule has 166 valence electrons. The second kappa shape index (κ2) is 10.2. The fourth-order valence-electron chi connectivity index (χ4n) is 3.11. The summed E-state index contributed by atoms with van der Waals surface area (Å²) in [4.78, 5) is 12.2. The normalized spacial score (nSPS) is 10.8. The van der Waals surface area contributed by atoms with Gasteiger partial charge in [0.05, 0.1) is 19.0 Å². The summed E-state index contributed by atoms with van der Waals surface area (Å²) in [5, 5.41) is 8.67. The van der Waals surface area contributed by atoms with Gasteiger partial charge in [0.1, 0.15) is 11.5 Å². The number of hydrogen-bond donors (Lipinski definition) is 1. The summed E-state index contributed by atoms with van der Waals surface area (Å²) in [7, 11) is 1.53. The van der Waals surface area contributed by atoms with E-state index in [0.29, 0.717) is 22.8 Å². The van der Waals surface area contributed by atoms with Crippen molar-refractivity contribution >= 4 is 12.1 Å². The molecule has 33 heavy (non-hydrogen) atoms. The number of carbonyl (C=O) groups is 1. The van der Waals surface area contributed by atoms with Crippen LogP contribution < -0.4 is 14.9 Å². The monoisotopic (exact) mass is 444 g/mol. The Morgan fingerprint density at radius 2 is 1.73 bits per heavy atom. The molecule has 4 aromatic rings. The standard InChI is InChI=1S/C25H21FN4O3/c1-32-22-9-5-6-10-23(22)33-17-24(31)28-27-15-19-16-30(21-7-3-2-4-8-21)29-25(19)18-11-13-20(26)14-12-18/h2-16H,17H2,1H3,(H,28,31)/b27-15-. The average molecular weight is 444 g/mol. The van der Waals surface area contributed by atoms with Gasteiger partial charge in [-0.05, 0) is 48.5 Å². The van der Waals surface area contributed by atoms with Gasteiger partial charge in [-0.25, -0.2) is 14.5 Å². The van der Waals surface area contributed by atoms with Gasteiger partial charge >= 0.3 is 0 Å². The van der Waals surface area contributed by atoms with Crippen LogP contribution in [0.15, 0.2) is 90.2 Å². The molecule has 0 fully saturated rings. The number of para-hydroxylation sites is 3. The third-order valence-corrected chi connectivity index (χ3v) is 4.70. The number of nitrogens with one attached hydrogen (secondary N) is 1. The van der Waals surface area contributed by atoms with Crippen molar-refractivity contribution < 1.29 is 18.7 Å². The fourth-order valence-corrected chi connectivity index (χ4v) is 3.11. The van der Waals surface area contributed by atoms with Gasteiger partial charge in [0, 0.05) is 17.3 Å². The number of hydrazone groups is 1. The lowest BCUT2D eigenvalue weighted by molar-refractivity contribution is -0.123. The number of halogens is 1. The van der Waals surface area contributed by atoms with E-state index in [1.54, 1.807) is 41.2 Å². The van der Waals surface area contributed by atoms with Crippen LogP contribution in [-0.2, 0) is 4.79 Å². The fraction of sp³-hybridized carbons (Fsp3) is 0.0800. The van der Waals surface area contributed by atoms with Crippen molar-refractivity contribution in [3.8, 4) is 28.4 Å². The molecule has 1 N–H and O–H groups in total. The molecule has 0 saturated heterocycles. The summed E-state index contributed by atoms with van der Waals surface area (Å²) in [5.74, 6) is 0.225. The smallest absolute Gasteiger partial charge is 0.277 e. The molecule has 0 spiro atoms. The third kappa shape index (κ3) is 5.43. The zero-order chi connectivity index (χ0) is 23.0. The van der Waals surface area contributed by atoms with E-state index >= 15 is 0 Å². The van der Waals surface area contributed by atoms with Crippen molar-refractivity contribution in [1.29, 1.82) is 0 Å². The van der Waals surface area contributed by atoms with Gasteiger partial charge in [-0.2, -0.15) is 10.2 Å². The number of amides is 1. The lowest BCUT2D eigenvalue weighted by Crippen LogP contribution is -2.24. The summed E-state index contributed by atoms with van der Waals surface area (Å²) >= 11 is 0. The Labute approximate surface area is 190 Å². The average Bonchev–Trinajstić information content (AvgIpc) is 3.28. The van der Waals surface area contributed by atoms with Crippen molar-refractivity contribution in [2.75, 3.05) is 13.7 Å². The molecule has 1 heterocycles. The molecule has 0 unspecified atom stereocenters. The van der Waals surface area contributed by atoms with E-state index in [1.165, 1.54) is 25.5 Å². The number of rotatable bonds is 8. The van der Waals surface area contributed by atoms with Crippen molar-refractivity contribution in [1.82, 2.24) is 15.2 Å². The first kappa shape index (κ1) is 21.8. The Hall–Kier alpha value is -4.46. The van der Waals surface area contributed by atoms with Crippen LogP contribution in [-0.4, -0.2) is 35.6 Å². The van der Waals surface area contributed by atoms with Gasteiger partial charge in [0.15, 0.2) is 18.1 Å². The highest BCUT2D eigenvalue weighted by atomic mass is 19.1. The Bertz CT molecular complexity index is 1250. The molecule has 0 radical (unpaired) electrons. The molecule has 1 amide bonds. The largest absolute Gasteiger partial charge is 0.493 e. The first-order chi connectivity index (χ1) is 16.1. The first-order valence-electron chi connectivity index (χ1n) is 10.1. The van der Waals surface area contributed by atoms with E-state index in [0.717, 1.165) is 11.3 Å². The summed E-state index contributed by atoms with van der Waals surface area (Å²) in [5.41, 5.74) is 5.27. The van der Waals surface area contributed by atoms with E-state index in [1.807, 2.05) is 36.4 Å². The molecule has 7 nitrogen and oxygen atoms in total. The molecule has 3 aromatic carbocycles. The molecule has 0 aliphatic rings. The van der Waals surface area contributed by atoms with Crippen LogP contribution in [0.25, 0.3) is 16.9 Å². The number of hydrogen-bond acceptors (Lipinski definition) is 5. The van der Waals surface area contributed by atoms with Crippen LogP contribution in [0.5, 0.6) is 11.5 Å². The minimum atomic E-state index is -0.434. The van der Waals surface area contributed by atoms with Gasteiger partial charge in [0.2, 0.25) is 0 Å². The van der Waals surface area contributed by atoms with Crippen LogP contribution in [0.1, 0.15) is 5.56 Å². The molecule has 4 rings (SSSR count). The van der Waals surface area contributed by atoms with Gasteiger partial charge in [-0.1, -0.05) is 30.3 Å². The van der Waals surface area contributed by atoms with E-state index in [9.17, 15) is 9.18 Å². The van der Waals surface area contributed by atoms with Gasteiger partial charge < -0.3 is 9.47 Å². The predicted molar refractivity (Wildman–Crippen MR) is 123 cm³/mol. The Morgan fingerprint density at radius 1 is 1.03 bits per heavy atom. The Balaban J connectivity index is 1.49. The number of ether oxygens (including phenoxy) is 2. The quantitative estimate of drug-likeness (QED) is 0.326. The highest BCUT2D eigenvalue weighted by Crippen LogP contribution is 2.25. The van der Waals surface area contributed by atoms with Crippen molar-refractivity contribution in [3.05, 3.63) is 96.4 Å². The zero-order valence-electron chi connectivity index (χ0n) is 17.8. The van der Waals surface area contributed by atoms with Gasteiger partial charge in [-0.3, -0.25) is 4.79 Å². The second-order valence-electron chi connectivity index (χ2n) is 6.95. The Morgan fingerprint density at radius 3 is 2.45 bits per heavy atom. The Kier molecular flexibility index (Phi) is 6.75. The molecular weight excluding hydrogens is 423 g/mol. The maximum absolute atomic E-state index is 13.4. The van der Waals surface area contributed by atoms with Crippen LogP contribution >= 0.6 is 0 Å². The summed E-state index contributed by atoms with van der Waals surface area (Å²) in [6, 6.07) is 22.6. The highest BCUT2D eigenvalue weighted by Gasteiger charge is 2.12. The summed E-state index contributed by atoms with van der Waals surface area (Å²) in [6.45, 7) is -0.230. The number of methoxy groups -OCH3 is 1. The van der Waals surface area contributed by atoms with Crippen molar-refractivity contribution in [2.45, 2.75) is 0 Å². The molecule has 0 aliphatic carbocycles. The summed E-state index contributed by atoms with van der Waals surface area (Å²) < 4.78 is 25.8. The molecule has 0 bridgehead atoms. The zero-order valence-corrected chi connectivity index (χ0v) is 17.8. The van der Waals surface area contributed by atoms with Crippen LogP contribution in [0.3, 0.4) is 0 Å². The van der Waals surface area contributed by atoms with Gasteiger partial charge in [-0.15, -0.1) is 0 Å². The molecule has 1 aromatic heterocycles. The van der Waals surface area contributed by atoms with Gasteiger partial charge in [0.25, 0.3) is 5.91 Å². The lowest BCUT2D eigenvalue weighted by atomic mass is 10.1. The van der Waals surface area contributed by atoms with E-state index in [-0.39, 0.29) is 12.4 Å². The minimum Gasteiger partial charge on any atom is -0.493 e. The molecule has 8 heteroatoms. The predicted octanol–water partition coefficient (Wildman–Crippen LogP) is 4.22.